The Kier molecular flexibility index (Phi) is 4.36. The van der Waals surface area contributed by atoms with Crippen molar-refractivity contribution in [3.8, 4) is 5.75 Å². The molecule has 0 aliphatic rings. The van der Waals surface area contributed by atoms with E-state index in [1.165, 1.54) is 16.9 Å². The molecule has 0 spiro atoms. The largest absolute Gasteiger partial charge is 0.508 e. The van der Waals surface area contributed by atoms with Crippen molar-refractivity contribution < 1.29 is 5.11 Å². The maximum atomic E-state index is 9.14. The monoisotopic (exact) mass is 268 g/mol. The second-order valence-electron chi connectivity index (χ2n) is 3.65. The van der Waals surface area contributed by atoms with Crippen LogP contribution in [0.25, 0.3) is 0 Å². The fourth-order valence-corrected chi connectivity index (χ4v) is 2.39. The van der Waals surface area contributed by atoms with Gasteiger partial charge in [-0.2, -0.15) is 0 Å². The maximum Gasteiger partial charge on any atom is 0.115 e. The zero-order chi connectivity index (χ0) is 12.1. The van der Waals surface area contributed by atoms with Gasteiger partial charge < -0.3 is 10.4 Å². The smallest absolute Gasteiger partial charge is 0.115 e. The zero-order valence-electron chi connectivity index (χ0n) is 9.19. The highest BCUT2D eigenvalue weighted by Gasteiger charge is 1.99. The van der Waals surface area contributed by atoms with E-state index in [1.807, 2.05) is 12.1 Å². The number of halogens is 1. The van der Waals surface area contributed by atoms with Gasteiger partial charge in [-0.1, -0.05) is 23.7 Å². The van der Waals surface area contributed by atoms with Gasteiger partial charge >= 0.3 is 0 Å². The third kappa shape index (κ3) is 4.00. The molecule has 1 heterocycles. The molecule has 2 rings (SSSR count). The third-order valence-corrected chi connectivity index (χ3v) is 3.44. The van der Waals surface area contributed by atoms with Crippen LogP contribution in [-0.2, 0) is 13.0 Å². The summed E-state index contributed by atoms with van der Waals surface area (Å²) in [7, 11) is 0. The second-order valence-corrected chi connectivity index (χ2v) is 5.40. The molecule has 17 heavy (non-hydrogen) atoms. The molecule has 3 nitrogen and oxygen atoms in total. The lowest BCUT2D eigenvalue weighted by Crippen LogP contribution is -2.16. The van der Waals surface area contributed by atoms with Crippen LogP contribution in [0.1, 0.15) is 10.6 Å². The molecule has 0 fully saturated rings. The quantitative estimate of drug-likeness (QED) is 0.820. The summed E-state index contributed by atoms with van der Waals surface area (Å²) < 4.78 is 0.723. The van der Waals surface area contributed by atoms with Crippen LogP contribution in [0.3, 0.4) is 0 Å². The summed E-state index contributed by atoms with van der Waals surface area (Å²) in [6.45, 7) is 1.62. The fourth-order valence-electron chi connectivity index (χ4n) is 1.46. The van der Waals surface area contributed by atoms with Crippen LogP contribution in [-0.4, -0.2) is 16.6 Å². The first-order valence-corrected chi connectivity index (χ1v) is 6.52. The third-order valence-electron chi connectivity index (χ3n) is 2.33. The Morgan fingerprint density at radius 2 is 2.06 bits per heavy atom. The van der Waals surface area contributed by atoms with E-state index >= 15 is 0 Å². The van der Waals surface area contributed by atoms with Gasteiger partial charge in [-0.05, 0) is 30.7 Å². The van der Waals surface area contributed by atoms with Gasteiger partial charge in [-0.15, -0.1) is 11.3 Å². The predicted octanol–water partition coefficient (Wildman–Crippen LogP) is 2.83. The lowest BCUT2D eigenvalue weighted by atomic mass is 10.1. The number of hydrogen-bond donors (Lipinski definition) is 2. The summed E-state index contributed by atoms with van der Waals surface area (Å²) >= 11 is 7.28. The van der Waals surface area contributed by atoms with Crippen molar-refractivity contribution in [3.05, 3.63) is 45.4 Å². The highest BCUT2D eigenvalue weighted by atomic mass is 35.5. The number of rotatable bonds is 5. The minimum atomic E-state index is 0.305. The highest BCUT2D eigenvalue weighted by Crippen LogP contribution is 2.17. The van der Waals surface area contributed by atoms with Gasteiger partial charge in [0.15, 0.2) is 0 Å². The Balaban J connectivity index is 1.71. The molecule has 90 valence electrons. The van der Waals surface area contributed by atoms with Crippen molar-refractivity contribution in [2.24, 2.45) is 0 Å². The van der Waals surface area contributed by atoms with Gasteiger partial charge in [-0.3, -0.25) is 0 Å². The first-order chi connectivity index (χ1) is 8.24. The van der Waals surface area contributed by atoms with E-state index in [9.17, 15) is 0 Å². The van der Waals surface area contributed by atoms with Crippen LogP contribution in [0.4, 0.5) is 0 Å². The molecule has 0 bridgehead atoms. The van der Waals surface area contributed by atoms with Gasteiger partial charge in [0.25, 0.3) is 0 Å². The first kappa shape index (κ1) is 12.4. The van der Waals surface area contributed by atoms with E-state index in [4.69, 9.17) is 16.7 Å². The summed E-state index contributed by atoms with van der Waals surface area (Å²) in [6, 6.07) is 7.26. The van der Waals surface area contributed by atoms with Crippen LogP contribution < -0.4 is 5.32 Å². The van der Waals surface area contributed by atoms with Crippen LogP contribution in [0, 0.1) is 0 Å². The number of aromatic hydroxyl groups is 1. The number of thiazole rings is 1. The van der Waals surface area contributed by atoms with Gasteiger partial charge in [0.1, 0.15) is 15.1 Å². The van der Waals surface area contributed by atoms with Crippen LogP contribution in [0.5, 0.6) is 5.75 Å². The predicted molar refractivity (Wildman–Crippen MR) is 70.6 cm³/mol. The second kappa shape index (κ2) is 6.00. The molecule has 0 amide bonds. The summed E-state index contributed by atoms with van der Waals surface area (Å²) in [5.41, 5.74) is 1.20. The molecule has 2 N–H and O–H groups in total. The first-order valence-electron chi connectivity index (χ1n) is 5.33. The Morgan fingerprint density at radius 1 is 1.29 bits per heavy atom. The molecule has 1 aromatic heterocycles. The standard InChI is InChI=1S/C12H13ClN2OS/c13-11-7-15-12(17-11)8-14-6-5-9-1-3-10(16)4-2-9/h1-4,7,14,16H,5-6,8H2. The summed E-state index contributed by atoms with van der Waals surface area (Å²) in [4.78, 5) is 4.16. The molecule has 0 aliphatic carbocycles. The van der Waals surface area contributed by atoms with E-state index < -0.39 is 0 Å². The zero-order valence-corrected chi connectivity index (χ0v) is 10.8. The maximum absolute atomic E-state index is 9.14. The summed E-state index contributed by atoms with van der Waals surface area (Å²) in [5.74, 6) is 0.305. The van der Waals surface area contributed by atoms with Crippen LogP contribution in [0.15, 0.2) is 30.5 Å². The number of aromatic nitrogens is 1. The van der Waals surface area contributed by atoms with Crippen molar-refractivity contribution in [3.63, 3.8) is 0 Å². The minimum Gasteiger partial charge on any atom is -0.508 e. The van der Waals surface area contributed by atoms with Crippen LogP contribution >= 0.6 is 22.9 Å². The molecule has 5 heteroatoms. The van der Waals surface area contributed by atoms with E-state index in [0.29, 0.717) is 5.75 Å². The molecule has 0 unspecified atom stereocenters. The number of nitrogens with one attached hydrogen (secondary N) is 1. The van der Waals surface area contributed by atoms with E-state index in [0.717, 1.165) is 28.9 Å². The molecular weight excluding hydrogens is 256 g/mol. The number of phenols is 1. The average molecular weight is 269 g/mol. The Labute approximate surface area is 109 Å². The molecule has 2 aromatic rings. The van der Waals surface area contributed by atoms with E-state index in [1.54, 1.807) is 18.3 Å². The SMILES string of the molecule is Oc1ccc(CCNCc2ncc(Cl)s2)cc1. The van der Waals surface area contributed by atoms with Crippen LogP contribution in [0.2, 0.25) is 4.34 Å². The lowest BCUT2D eigenvalue weighted by Gasteiger charge is -2.03. The molecular formula is C12H13ClN2OS. The molecule has 0 atom stereocenters. The Bertz CT molecular complexity index is 470. The van der Waals surface area contributed by atoms with Gasteiger partial charge in [0.2, 0.25) is 0 Å². The van der Waals surface area contributed by atoms with Crippen molar-refractivity contribution in [1.29, 1.82) is 0 Å². The number of nitrogens with zero attached hydrogens (tertiary/aromatic N) is 1. The highest BCUT2D eigenvalue weighted by molar-refractivity contribution is 7.15. The van der Waals surface area contributed by atoms with E-state index in [2.05, 4.69) is 10.3 Å². The molecule has 1 aromatic carbocycles. The van der Waals surface area contributed by atoms with E-state index in [-0.39, 0.29) is 0 Å². The van der Waals surface area contributed by atoms with Crippen molar-refractivity contribution >= 4 is 22.9 Å². The number of benzene rings is 1. The molecule has 0 saturated carbocycles. The number of phenolic OH excluding ortho intramolecular Hbond substituents is 1. The Hall–Kier alpha value is -1.10. The van der Waals surface area contributed by atoms with Crippen molar-refractivity contribution in [2.45, 2.75) is 13.0 Å². The van der Waals surface area contributed by atoms with Gasteiger partial charge in [-0.25, -0.2) is 4.98 Å². The lowest BCUT2D eigenvalue weighted by molar-refractivity contribution is 0.475. The normalized spacial score (nSPS) is 10.6. The number of hydrogen-bond acceptors (Lipinski definition) is 4. The molecule has 0 radical (unpaired) electrons. The van der Waals surface area contributed by atoms with Gasteiger partial charge in [0, 0.05) is 6.54 Å². The summed E-state index contributed by atoms with van der Waals surface area (Å²) in [6.07, 6.45) is 2.60. The van der Waals surface area contributed by atoms with Crippen molar-refractivity contribution in [1.82, 2.24) is 10.3 Å². The average Bonchev–Trinajstić information content (AvgIpc) is 2.73. The fraction of sp³-hybridized carbons (Fsp3) is 0.250. The molecule has 0 aliphatic heterocycles. The van der Waals surface area contributed by atoms with Gasteiger partial charge in [0.05, 0.1) is 6.20 Å². The van der Waals surface area contributed by atoms with Crippen molar-refractivity contribution in [2.75, 3.05) is 6.54 Å². The summed E-state index contributed by atoms with van der Waals surface area (Å²) in [5, 5.41) is 13.4. The molecule has 0 saturated heterocycles. The minimum absolute atomic E-state index is 0.305. The topological polar surface area (TPSA) is 45.1 Å². The Morgan fingerprint density at radius 3 is 2.71 bits per heavy atom.